The first-order valence-electron chi connectivity index (χ1n) is 5.64. The van der Waals surface area contributed by atoms with Crippen molar-refractivity contribution in [2.75, 3.05) is 0 Å². The van der Waals surface area contributed by atoms with E-state index in [2.05, 4.69) is 0 Å². The highest BCUT2D eigenvalue weighted by atomic mass is 32.1. The van der Waals surface area contributed by atoms with Crippen LogP contribution in [0.25, 0.3) is 0 Å². The fourth-order valence-electron chi connectivity index (χ4n) is 1.59. The van der Waals surface area contributed by atoms with Crippen LogP contribution in [0.1, 0.15) is 11.1 Å². The van der Waals surface area contributed by atoms with Gasteiger partial charge in [-0.2, -0.15) is 0 Å². The van der Waals surface area contributed by atoms with Crippen LogP contribution in [-0.4, -0.2) is 4.99 Å². The lowest BCUT2D eigenvalue weighted by atomic mass is 10.2. The molecule has 0 aliphatic heterocycles. The molecule has 0 unspecified atom stereocenters. The van der Waals surface area contributed by atoms with Crippen LogP contribution in [0.15, 0.2) is 36.4 Å². The molecular weight excluding hydrogens is 287 g/mol. The number of nitrogens with two attached hydrogens (primary N) is 1. The van der Waals surface area contributed by atoms with Gasteiger partial charge in [0.15, 0.2) is 23.2 Å². The highest BCUT2D eigenvalue weighted by molar-refractivity contribution is 7.80. The lowest BCUT2D eigenvalue weighted by molar-refractivity contribution is 0.282. The molecule has 2 N–H and O–H groups in total. The third-order valence-electron chi connectivity index (χ3n) is 2.63. The molecule has 104 valence electrons. The normalized spacial score (nSPS) is 10.3. The van der Waals surface area contributed by atoms with Crippen molar-refractivity contribution in [1.82, 2.24) is 0 Å². The van der Waals surface area contributed by atoms with Crippen LogP contribution >= 0.6 is 12.2 Å². The number of thiocarbonyl (C=S) groups is 1. The summed E-state index contributed by atoms with van der Waals surface area (Å²) in [4.78, 5) is 0.0617. The van der Waals surface area contributed by atoms with E-state index in [1.54, 1.807) is 0 Å². The molecule has 20 heavy (non-hydrogen) atoms. The average molecular weight is 297 g/mol. The van der Waals surface area contributed by atoms with Crippen LogP contribution < -0.4 is 10.5 Å². The quantitative estimate of drug-likeness (QED) is 0.879. The molecule has 0 bridgehead atoms. The second-order valence-electron chi connectivity index (χ2n) is 4.01. The fraction of sp³-hybridized carbons (Fsp3) is 0.0714. The van der Waals surface area contributed by atoms with E-state index in [0.29, 0.717) is 5.56 Å². The van der Waals surface area contributed by atoms with E-state index in [9.17, 15) is 13.2 Å². The Morgan fingerprint density at radius 2 is 1.85 bits per heavy atom. The molecule has 0 spiro atoms. The van der Waals surface area contributed by atoms with E-state index in [0.717, 1.165) is 12.1 Å². The summed E-state index contributed by atoms with van der Waals surface area (Å²) in [5.41, 5.74) is 5.73. The van der Waals surface area contributed by atoms with Gasteiger partial charge >= 0.3 is 0 Å². The van der Waals surface area contributed by atoms with E-state index in [1.807, 2.05) is 0 Å². The van der Waals surface area contributed by atoms with Crippen molar-refractivity contribution in [3.8, 4) is 5.75 Å². The SMILES string of the molecule is NC(=S)c1ccc(OCc2cccc(F)c2F)c(F)c1. The minimum atomic E-state index is -1.01. The minimum absolute atomic E-state index is 0.00261. The molecule has 0 atom stereocenters. The van der Waals surface area contributed by atoms with Crippen molar-refractivity contribution in [2.24, 2.45) is 5.73 Å². The zero-order chi connectivity index (χ0) is 14.7. The Bertz CT molecular complexity index is 661. The molecule has 2 rings (SSSR count). The van der Waals surface area contributed by atoms with Gasteiger partial charge in [-0.25, -0.2) is 13.2 Å². The van der Waals surface area contributed by atoms with Crippen LogP contribution in [0, 0.1) is 17.5 Å². The molecule has 0 aromatic heterocycles. The highest BCUT2D eigenvalue weighted by Gasteiger charge is 2.10. The number of rotatable bonds is 4. The van der Waals surface area contributed by atoms with Crippen LogP contribution in [0.4, 0.5) is 13.2 Å². The Morgan fingerprint density at radius 1 is 1.10 bits per heavy atom. The Balaban J connectivity index is 2.15. The van der Waals surface area contributed by atoms with Gasteiger partial charge in [-0.3, -0.25) is 0 Å². The van der Waals surface area contributed by atoms with E-state index in [4.69, 9.17) is 22.7 Å². The predicted molar refractivity (Wildman–Crippen MR) is 73.0 cm³/mol. The maximum absolute atomic E-state index is 13.7. The first kappa shape index (κ1) is 14.3. The molecule has 0 saturated carbocycles. The maximum Gasteiger partial charge on any atom is 0.165 e. The molecule has 2 aromatic carbocycles. The van der Waals surface area contributed by atoms with Gasteiger partial charge in [0, 0.05) is 11.1 Å². The van der Waals surface area contributed by atoms with Crippen LogP contribution in [-0.2, 0) is 6.61 Å². The Morgan fingerprint density at radius 3 is 2.50 bits per heavy atom. The van der Waals surface area contributed by atoms with Gasteiger partial charge in [0.05, 0.1) is 0 Å². The number of hydrogen-bond donors (Lipinski definition) is 1. The van der Waals surface area contributed by atoms with E-state index in [-0.39, 0.29) is 22.9 Å². The predicted octanol–water partition coefficient (Wildman–Crippen LogP) is 3.32. The van der Waals surface area contributed by atoms with Gasteiger partial charge in [0.1, 0.15) is 11.6 Å². The number of halogens is 3. The first-order valence-corrected chi connectivity index (χ1v) is 6.05. The van der Waals surface area contributed by atoms with E-state index < -0.39 is 17.5 Å². The molecule has 6 heteroatoms. The average Bonchev–Trinajstić information content (AvgIpc) is 2.41. The summed E-state index contributed by atoms with van der Waals surface area (Å²) >= 11 is 4.72. The first-order chi connectivity index (χ1) is 9.49. The van der Waals surface area contributed by atoms with Crippen LogP contribution in [0.3, 0.4) is 0 Å². The largest absolute Gasteiger partial charge is 0.486 e. The van der Waals surface area contributed by atoms with Crippen molar-refractivity contribution in [3.63, 3.8) is 0 Å². The standard InChI is InChI=1S/C14H10F3NOS/c15-10-3-1-2-9(13(10)17)7-19-12-5-4-8(14(18)20)6-11(12)16/h1-6H,7H2,(H2,18,20). The molecule has 0 heterocycles. The van der Waals surface area contributed by atoms with Gasteiger partial charge in [-0.1, -0.05) is 24.4 Å². The van der Waals surface area contributed by atoms with Crippen molar-refractivity contribution < 1.29 is 17.9 Å². The van der Waals surface area contributed by atoms with Gasteiger partial charge in [0.25, 0.3) is 0 Å². The minimum Gasteiger partial charge on any atom is -0.486 e. The summed E-state index contributed by atoms with van der Waals surface area (Å²) in [6.07, 6.45) is 0. The second kappa shape index (κ2) is 5.92. The molecule has 2 nitrogen and oxygen atoms in total. The summed E-state index contributed by atoms with van der Waals surface area (Å²) in [7, 11) is 0. The molecule has 0 aliphatic carbocycles. The third kappa shape index (κ3) is 3.08. The molecule has 0 saturated heterocycles. The van der Waals surface area contributed by atoms with Crippen LogP contribution in [0.5, 0.6) is 5.75 Å². The van der Waals surface area contributed by atoms with Gasteiger partial charge < -0.3 is 10.5 Å². The summed E-state index contributed by atoms with van der Waals surface area (Å²) in [5, 5.41) is 0. The van der Waals surface area contributed by atoms with Crippen molar-refractivity contribution in [1.29, 1.82) is 0 Å². The molecule has 0 radical (unpaired) electrons. The van der Waals surface area contributed by atoms with Gasteiger partial charge in [-0.15, -0.1) is 0 Å². The highest BCUT2D eigenvalue weighted by Crippen LogP contribution is 2.21. The van der Waals surface area contributed by atoms with Gasteiger partial charge in [-0.05, 0) is 24.3 Å². The summed E-state index contributed by atoms with van der Waals surface area (Å²) in [6.45, 7) is -0.285. The summed E-state index contributed by atoms with van der Waals surface area (Å²) < 4.78 is 45.2. The number of ether oxygens (including phenoxy) is 1. The molecule has 0 fully saturated rings. The fourth-order valence-corrected chi connectivity index (χ4v) is 1.71. The zero-order valence-electron chi connectivity index (χ0n) is 10.2. The second-order valence-corrected chi connectivity index (χ2v) is 4.45. The third-order valence-corrected chi connectivity index (χ3v) is 2.87. The Hall–Kier alpha value is -2.08. The Kier molecular flexibility index (Phi) is 4.24. The monoisotopic (exact) mass is 297 g/mol. The number of hydrogen-bond acceptors (Lipinski definition) is 2. The smallest absolute Gasteiger partial charge is 0.165 e. The molecular formula is C14H10F3NOS. The molecule has 2 aromatic rings. The lowest BCUT2D eigenvalue weighted by Gasteiger charge is -2.09. The maximum atomic E-state index is 13.7. The molecule has 0 amide bonds. The summed E-state index contributed by atoms with van der Waals surface area (Å²) in [6, 6.07) is 7.66. The van der Waals surface area contributed by atoms with Crippen LogP contribution in [0.2, 0.25) is 0 Å². The Labute approximate surface area is 119 Å². The zero-order valence-corrected chi connectivity index (χ0v) is 11.0. The lowest BCUT2D eigenvalue weighted by Crippen LogP contribution is -2.10. The van der Waals surface area contributed by atoms with Crippen molar-refractivity contribution in [2.45, 2.75) is 6.61 Å². The van der Waals surface area contributed by atoms with Crippen molar-refractivity contribution >= 4 is 17.2 Å². The van der Waals surface area contributed by atoms with Crippen molar-refractivity contribution in [3.05, 3.63) is 65.0 Å². The molecule has 0 aliphatic rings. The summed E-state index contributed by atoms with van der Waals surface area (Å²) in [5.74, 6) is -2.75. The number of benzene rings is 2. The topological polar surface area (TPSA) is 35.2 Å². The van der Waals surface area contributed by atoms with E-state index in [1.165, 1.54) is 24.3 Å². The van der Waals surface area contributed by atoms with Gasteiger partial charge in [0.2, 0.25) is 0 Å². The van der Waals surface area contributed by atoms with E-state index >= 15 is 0 Å².